The Morgan fingerprint density at radius 1 is 1.69 bits per heavy atom. The van der Waals surface area contributed by atoms with Gasteiger partial charge in [0.05, 0.1) is 12.5 Å². The van der Waals surface area contributed by atoms with Crippen LogP contribution in [0.2, 0.25) is 0 Å². The molecule has 0 saturated heterocycles. The van der Waals surface area contributed by atoms with Gasteiger partial charge < -0.3 is 15.2 Å². The summed E-state index contributed by atoms with van der Waals surface area (Å²) in [6, 6.07) is 0.381. The van der Waals surface area contributed by atoms with Crippen LogP contribution < -0.4 is 5.73 Å². The average Bonchev–Trinajstić information content (AvgIpc) is 2.60. The highest BCUT2D eigenvalue weighted by molar-refractivity contribution is 5.92. The fraction of sp³-hybridized carbons (Fsp3) is 0.636. The molecule has 1 aromatic rings. The van der Waals surface area contributed by atoms with Gasteiger partial charge in [0.15, 0.2) is 0 Å². The van der Waals surface area contributed by atoms with Crippen LogP contribution in [0.25, 0.3) is 0 Å². The van der Waals surface area contributed by atoms with Crippen molar-refractivity contribution in [2.24, 2.45) is 12.8 Å². The maximum atomic E-state index is 12.3. The molecule has 5 heteroatoms. The second-order valence-corrected chi connectivity index (χ2v) is 4.26. The maximum Gasteiger partial charge on any atom is 0.272 e. The molecule has 0 aliphatic heterocycles. The summed E-state index contributed by atoms with van der Waals surface area (Å²) in [6.07, 6.45) is 6.68. The number of aryl methyl sites for hydroxylation is 1. The third-order valence-corrected chi connectivity index (χ3v) is 3.18. The van der Waals surface area contributed by atoms with Gasteiger partial charge in [-0.2, -0.15) is 0 Å². The van der Waals surface area contributed by atoms with E-state index >= 15 is 0 Å². The number of aromatic nitrogens is 2. The van der Waals surface area contributed by atoms with E-state index in [1.807, 2.05) is 11.9 Å². The molecular weight excluding hydrogens is 204 g/mol. The molecule has 0 bridgehead atoms. The predicted octanol–water partition coefficient (Wildman–Crippen LogP) is 0.373. The number of nitrogens with two attached hydrogens (primary N) is 1. The van der Waals surface area contributed by atoms with Gasteiger partial charge >= 0.3 is 0 Å². The van der Waals surface area contributed by atoms with Crippen LogP contribution in [0.1, 0.15) is 29.8 Å². The molecule has 0 unspecified atom stereocenters. The predicted molar refractivity (Wildman–Crippen MR) is 60.9 cm³/mol. The summed E-state index contributed by atoms with van der Waals surface area (Å²) < 4.78 is 1.75. The molecular formula is C11H18N4O. The third-order valence-electron chi connectivity index (χ3n) is 3.18. The fourth-order valence-electron chi connectivity index (χ4n) is 2.00. The summed E-state index contributed by atoms with van der Waals surface area (Å²) in [5.74, 6) is 0.0511. The van der Waals surface area contributed by atoms with Gasteiger partial charge in [0.25, 0.3) is 5.91 Å². The van der Waals surface area contributed by atoms with Gasteiger partial charge in [-0.05, 0) is 19.3 Å². The Morgan fingerprint density at radius 3 is 2.88 bits per heavy atom. The molecule has 0 aromatic carbocycles. The van der Waals surface area contributed by atoms with Crippen molar-refractivity contribution in [2.75, 3.05) is 13.1 Å². The summed E-state index contributed by atoms with van der Waals surface area (Å²) in [4.78, 5) is 18.1. The lowest BCUT2D eigenvalue weighted by atomic mass is 9.91. The molecule has 2 N–H and O–H groups in total. The largest absolute Gasteiger partial charge is 0.333 e. The first-order chi connectivity index (χ1) is 7.74. The molecule has 1 aliphatic rings. The highest BCUT2D eigenvalue weighted by Crippen LogP contribution is 2.25. The van der Waals surface area contributed by atoms with Gasteiger partial charge in [-0.1, -0.05) is 0 Å². The van der Waals surface area contributed by atoms with Crippen LogP contribution in [-0.4, -0.2) is 39.5 Å². The Kier molecular flexibility index (Phi) is 3.24. The molecule has 0 radical (unpaired) electrons. The maximum absolute atomic E-state index is 12.3. The Bertz CT molecular complexity index is 370. The molecule has 1 heterocycles. The monoisotopic (exact) mass is 222 g/mol. The van der Waals surface area contributed by atoms with Crippen LogP contribution in [-0.2, 0) is 7.05 Å². The molecule has 1 aliphatic carbocycles. The number of rotatable bonds is 4. The minimum atomic E-state index is 0.0511. The molecule has 0 spiro atoms. The molecule has 1 fully saturated rings. The minimum Gasteiger partial charge on any atom is -0.333 e. The van der Waals surface area contributed by atoms with Crippen molar-refractivity contribution in [3.63, 3.8) is 0 Å². The second kappa shape index (κ2) is 4.65. The average molecular weight is 222 g/mol. The summed E-state index contributed by atoms with van der Waals surface area (Å²) in [5.41, 5.74) is 6.20. The Hall–Kier alpha value is -1.36. The van der Waals surface area contributed by atoms with Crippen LogP contribution in [0.15, 0.2) is 12.5 Å². The SMILES string of the molecule is Cn1cncc1C(=O)N(CCN)C1CCC1. The van der Waals surface area contributed by atoms with E-state index in [0.717, 1.165) is 12.8 Å². The summed E-state index contributed by atoms with van der Waals surface area (Å²) in [7, 11) is 1.83. The van der Waals surface area contributed by atoms with Crippen molar-refractivity contribution in [3.8, 4) is 0 Å². The summed E-state index contributed by atoms with van der Waals surface area (Å²) in [5, 5.41) is 0. The third kappa shape index (κ3) is 1.95. The Labute approximate surface area is 95.2 Å². The van der Waals surface area contributed by atoms with Crippen LogP contribution >= 0.6 is 0 Å². The number of hydrogen-bond donors (Lipinski definition) is 1. The van der Waals surface area contributed by atoms with Crippen LogP contribution in [0.3, 0.4) is 0 Å². The lowest BCUT2D eigenvalue weighted by molar-refractivity contribution is 0.0579. The Morgan fingerprint density at radius 2 is 2.44 bits per heavy atom. The van der Waals surface area contributed by atoms with Crippen LogP contribution in [0, 0.1) is 0 Å². The zero-order chi connectivity index (χ0) is 11.5. The number of carbonyl (C=O) groups excluding carboxylic acids is 1. The Balaban J connectivity index is 2.13. The molecule has 1 saturated carbocycles. The summed E-state index contributed by atoms with van der Waals surface area (Å²) >= 11 is 0. The van der Waals surface area contributed by atoms with Crippen molar-refractivity contribution in [3.05, 3.63) is 18.2 Å². The number of nitrogens with zero attached hydrogens (tertiary/aromatic N) is 3. The molecule has 1 amide bonds. The van der Waals surface area contributed by atoms with Gasteiger partial charge in [-0.25, -0.2) is 4.98 Å². The first-order valence-corrected chi connectivity index (χ1v) is 5.71. The van der Waals surface area contributed by atoms with Crippen LogP contribution in [0.4, 0.5) is 0 Å². The van der Waals surface area contributed by atoms with Gasteiger partial charge in [0, 0.05) is 26.2 Å². The number of amides is 1. The van der Waals surface area contributed by atoms with Crippen LogP contribution in [0.5, 0.6) is 0 Å². The van der Waals surface area contributed by atoms with Gasteiger partial charge in [-0.15, -0.1) is 0 Å². The van der Waals surface area contributed by atoms with E-state index in [2.05, 4.69) is 4.98 Å². The van der Waals surface area contributed by atoms with Crippen molar-refractivity contribution in [1.29, 1.82) is 0 Å². The smallest absolute Gasteiger partial charge is 0.272 e. The van der Waals surface area contributed by atoms with Crippen molar-refractivity contribution in [1.82, 2.24) is 14.5 Å². The normalized spacial score (nSPS) is 15.9. The molecule has 88 valence electrons. The highest BCUT2D eigenvalue weighted by Gasteiger charge is 2.29. The van der Waals surface area contributed by atoms with E-state index in [1.54, 1.807) is 17.1 Å². The topological polar surface area (TPSA) is 64.2 Å². The second-order valence-electron chi connectivity index (χ2n) is 4.26. The van der Waals surface area contributed by atoms with E-state index < -0.39 is 0 Å². The molecule has 2 rings (SSSR count). The fourth-order valence-corrected chi connectivity index (χ4v) is 2.00. The summed E-state index contributed by atoms with van der Waals surface area (Å²) in [6.45, 7) is 1.15. The van der Waals surface area contributed by atoms with Crippen molar-refractivity contribution < 1.29 is 4.79 Å². The number of hydrogen-bond acceptors (Lipinski definition) is 3. The molecule has 0 atom stereocenters. The standard InChI is InChI=1S/C11H18N4O/c1-14-8-13-7-10(14)11(16)15(6-5-12)9-3-2-4-9/h7-9H,2-6,12H2,1H3. The first-order valence-electron chi connectivity index (χ1n) is 5.71. The van der Waals surface area contributed by atoms with E-state index in [9.17, 15) is 4.79 Å². The highest BCUT2D eigenvalue weighted by atomic mass is 16.2. The zero-order valence-electron chi connectivity index (χ0n) is 9.59. The number of imidazole rings is 1. The first kappa shape index (κ1) is 11.1. The molecule has 5 nitrogen and oxygen atoms in total. The lowest BCUT2D eigenvalue weighted by Gasteiger charge is -2.37. The minimum absolute atomic E-state index is 0.0511. The molecule has 1 aromatic heterocycles. The van der Waals surface area contributed by atoms with E-state index in [1.165, 1.54) is 6.42 Å². The molecule has 16 heavy (non-hydrogen) atoms. The van der Waals surface area contributed by atoms with Crippen molar-refractivity contribution in [2.45, 2.75) is 25.3 Å². The van der Waals surface area contributed by atoms with E-state index in [4.69, 9.17) is 5.73 Å². The van der Waals surface area contributed by atoms with Crippen molar-refractivity contribution >= 4 is 5.91 Å². The van der Waals surface area contributed by atoms with Gasteiger partial charge in [0.2, 0.25) is 0 Å². The lowest BCUT2D eigenvalue weighted by Crippen LogP contribution is -2.47. The van der Waals surface area contributed by atoms with E-state index in [-0.39, 0.29) is 5.91 Å². The van der Waals surface area contributed by atoms with E-state index in [0.29, 0.717) is 24.8 Å². The quantitative estimate of drug-likeness (QED) is 0.800. The van der Waals surface area contributed by atoms with Gasteiger partial charge in [0.1, 0.15) is 5.69 Å². The van der Waals surface area contributed by atoms with Gasteiger partial charge in [-0.3, -0.25) is 4.79 Å². The zero-order valence-corrected chi connectivity index (χ0v) is 9.59. The number of carbonyl (C=O) groups is 1.